The van der Waals surface area contributed by atoms with Crippen LogP contribution < -0.4 is 16.0 Å². The molecule has 620 valence electrons. The first-order valence-electron chi connectivity index (χ1n) is 34.3. The SMILES string of the molecule is CC(=O)N[C@H]1[C@H](O[C@H]2[C@H](O[C@@H]3O[C@@H](C)[C@@H](O)[C@@H](O)[C@@H]3O)[C@@H](NC(C)=O)C(O)O[C@@H]2CO[C@@H]2O[C@@H](C)[C@@H](O)[C@@H](O)[C@@H]2O)O[C@H](CO)[C@@H](O[C@@H]2O[C@H](CO[C@H]3O[C@H](CO)[C@@H](O)[C@H](O)[C@@H]3O[C@H]3O[C@H](CO)[C@@H](O)[C@H](O)[C@@H]3O)[C@@H](O)[C@H](O[C@H]3O[C@H](CO)[C@@H](O)[C@H](O)[C@@H]3O[C@@H]3O[C@H](CO)[C@@H](O)[C@H](O)[C@H]3NC(C)=O)[C@@H]2O)[C@@H]1O. The lowest BCUT2D eigenvalue weighted by atomic mass is 9.93. The van der Waals surface area contributed by atoms with Crippen molar-refractivity contribution in [3.63, 3.8) is 0 Å². The quantitative estimate of drug-likeness (QED) is 0.0382. The summed E-state index contributed by atoms with van der Waals surface area (Å²) in [5, 5.41) is 273. The molecule has 47 nitrogen and oxygen atoms in total. The molecule has 0 radical (unpaired) electrons. The first-order chi connectivity index (χ1) is 50.5. The third kappa shape index (κ3) is 19.3. The summed E-state index contributed by atoms with van der Waals surface area (Å²) in [6, 6.07) is -5.65. The zero-order chi connectivity index (χ0) is 78.8. The van der Waals surface area contributed by atoms with Gasteiger partial charge in [0, 0.05) is 20.8 Å². The van der Waals surface area contributed by atoms with Crippen molar-refractivity contribution in [2.24, 2.45) is 0 Å². The highest BCUT2D eigenvalue weighted by Crippen LogP contribution is 2.40. The lowest BCUT2D eigenvalue weighted by Gasteiger charge is -2.51. The van der Waals surface area contributed by atoms with E-state index >= 15 is 0 Å². The van der Waals surface area contributed by atoms with Crippen LogP contribution in [0.4, 0.5) is 0 Å². The van der Waals surface area contributed by atoms with Crippen molar-refractivity contribution in [3.8, 4) is 0 Å². The fourth-order valence-corrected chi connectivity index (χ4v) is 13.8. The van der Waals surface area contributed by atoms with Crippen molar-refractivity contribution in [2.75, 3.05) is 46.2 Å². The van der Waals surface area contributed by atoms with E-state index in [1.165, 1.54) is 13.8 Å². The topological polar surface area (TPSA) is 730 Å². The van der Waals surface area contributed by atoms with Gasteiger partial charge in [0.25, 0.3) is 0 Å². The standard InChI is InChI=1S/C60H101N3O44/c1-13-28(72)37(81)42(86)55(93-13)91-12-24-47(48(27(52(90)95-24)63-17(5)71)104-56-43(87)38(82)29(73)14(2)94-56)103-54-26(62-16(4)70)36(80)46(22(10-68)100-54)102-58-45(89)49(105-60-51(41(85)33(77)21(9-67)99-60)106-53-25(61-15(3)69)35(79)30(74)18(6-64)96-53)34(78)23(101-58)11-92-59-50(40(84)32(76)20(8-66)98-59)107-57-44(88)39(83)31(75)19(7-65)97-57/h13-14,18-60,64-68,72-90H,6-12H2,1-5H3,(H,61,69)(H,62,70)(H,63,71)/t13-,14-,18+,19+,20+,21+,22+,23+,24+,25+,26+,27+,28+,29+,30+,31+,32+,33+,34+,35+,36+,37+,38+,39-,40-,41-,42-,43-,44-,45-,46+,47+,48+,49-,50-,51-,52?,53-,54-,55+,56-,57+,58-,59-,60+/m0/s1. The Bertz CT molecular complexity index is 2810. The zero-order valence-electron chi connectivity index (χ0n) is 57.8. The van der Waals surface area contributed by atoms with E-state index in [0.29, 0.717) is 0 Å². The van der Waals surface area contributed by atoms with Gasteiger partial charge in [0.1, 0.15) is 207 Å². The molecule has 0 aromatic carbocycles. The van der Waals surface area contributed by atoms with Crippen LogP contribution in [0.5, 0.6) is 0 Å². The van der Waals surface area contributed by atoms with E-state index in [0.717, 1.165) is 20.8 Å². The number of hydrogen-bond acceptors (Lipinski definition) is 44. The van der Waals surface area contributed by atoms with Gasteiger partial charge in [-0.25, -0.2) is 0 Å². The summed E-state index contributed by atoms with van der Waals surface area (Å²) < 4.78 is 101. The van der Waals surface area contributed by atoms with Crippen LogP contribution in [0.2, 0.25) is 0 Å². The van der Waals surface area contributed by atoms with E-state index in [1.807, 2.05) is 0 Å². The number of rotatable bonds is 26. The molecule has 0 aromatic rings. The molecule has 0 bridgehead atoms. The maximum Gasteiger partial charge on any atom is 0.217 e. The molecule has 0 aromatic heterocycles. The third-order valence-electron chi connectivity index (χ3n) is 19.9. The lowest BCUT2D eigenvalue weighted by molar-refractivity contribution is -0.398. The Labute approximate surface area is 606 Å². The van der Waals surface area contributed by atoms with E-state index in [9.17, 15) is 137 Å². The Balaban J connectivity index is 1.07. The van der Waals surface area contributed by atoms with E-state index in [4.69, 9.17) is 80.5 Å². The molecule has 0 saturated carbocycles. The monoisotopic (exact) mass is 1570 g/mol. The summed E-state index contributed by atoms with van der Waals surface area (Å²) in [4.78, 5) is 38.8. The number of aliphatic hydroxyl groups is 24. The highest BCUT2D eigenvalue weighted by Gasteiger charge is 2.61. The van der Waals surface area contributed by atoms with Gasteiger partial charge in [0.2, 0.25) is 17.7 Å². The van der Waals surface area contributed by atoms with E-state index in [2.05, 4.69) is 16.0 Å². The second-order valence-corrected chi connectivity index (χ2v) is 27.4. The predicted molar refractivity (Wildman–Crippen MR) is 329 cm³/mol. The van der Waals surface area contributed by atoms with Gasteiger partial charge in [-0.2, -0.15) is 0 Å². The van der Waals surface area contributed by atoms with Gasteiger partial charge in [-0.05, 0) is 13.8 Å². The first kappa shape index (κ1) is 87.7. The molecule has 0 aliphatic carbocycles. The van der Waals surface area contributed by atoms with Crippen molar-refractivity contribution < 1.29 is 217 Å². The molecule has 107 heavy (non-hydrogen) atoms. The van der Waals surface area contributed by atoms with Crippen molar-refractivity contribution in [3.05, 3.63) is 0 Å². The second kappa shape index (κ2) is 37.8. The average molecular weight is 1570 g/mol. The minimum atomic E-state index is -2.55. The van der Waals surface area contributed by atoms with Crippen molar-refractivity contribution in [1.82, 2.24) is 16.0 Å². The summed E-state index contributed by atoms with van der Waals surface area (Å²) in [5.41, 5.74) is 0. The van der Waals surface area contributed by atoms with Crippen molar-refractivity contribution >= 4 is 17.7 Å². The minimum Gasteiger partial charge on any atom is -0.394 e. The molecule has 3 amide bonds. The van der Waals surface area contributed by atoms with Gasteiger partial charge in [-0.1, -0.05) is 0 Å². The Kier molecular flexibility index (Phi) is 31.0. The van der Waals surface area contributed by atoms with Crippen LogP contribution in [0.3, 0.4) is 0 Å². The Hall–Kier alpha value is -3.23. The molecule has 45 atom stereocenters. The number of carbonyl (C=O) groups is 3. The maximum atomic E-state index is 13.4. The fourth-order valence-electron chi connectivity index (χ4n) is 13.8. The van der Waals surface area contributed by atoms with E-state index < -0.39 is 340 Å². The second-order valence-electron chi connectivity index (χ2n) is 27.4. The molecule has 9 aliphatic rings. The molecule has 0 spiro atoms. The van der Waals surface area contributed by atoms with Gasteiger partial charge >= 0.3 is 0 Å². The average Bonchev–Trinajstić information content (AvgIpc) is 0.766. The number of ether oxygens (including phenoxy) is 17. The van der Waals surface area contributed by atoms with Crippen LogP contribution in [-0.4, -0.2) is 463 Å². The molecule has 47 heteroatoms. The van der Waals surface area contributed by atoms with Gasteiger partial charge in [0.05, 0.1) is 58.5 Å². The van der Waals surface area contributed by atoms with Crippen molar-refractivity contribution in [1.29, 1.82) is 0 Å². The fraction of sp³-hybridized carbons (Fsp3) is 0.950. The van der Waals surface area contributed by atoms with Crippen LogP contribution >= 0.6 is 0 Å². The van der Waals surface area contributed by atoms with Crippen LogP contribution in [0.25, 0.3) is 0 Å². The normalized spacial score (nSPS) is 50.7. The molecule has 9 saturated heterocycles. The van der Waals surface area contributed by atoms with E-state index in [-0.39, 0.29) is 0 Å². The Morgan fingerprint density at radius 1 is 0.262 bits per heavy atom. The highest BCUT2D eigenvalue weighted by molar-refractivity contribution is 5.74. The molecule has 27 N–H and O–H groups in total. The van der Waals surface area contributed by atoms with Gasteiger partial charge < -0.3 is 219 Å². The lowest BCUT2D eigenvalue weighted by Crippen LogP contribution is -2.71. The molecular weight excluding hydrogens is 1470 g/mol. The molecule has 9 fully saturated rings. The van der Waals surface area contributed by atoms with Gasteiger partial charge in [0.15, 0.2) is 56.6 Å². The Morgan fingerprint density at radius 2 is 0.598 bits per heavy atom. The van der Waals surface area contributed by atoms with E-state index in [1.54, 1.807) is 0 Å². The number of hydrogen-bond donors (Lipinski definition) is 27. The third-order valence-corrected chi connectivity index (χ3v) is 19.9. The van der Waals surface area contributed by atoms with Crippen LogP contribution in [0.1, 0.15) is 34.6 Å². The maximum absolute atomic E-state index is 13.4. The van der Waals surface area contributed by atoms with Gasteiger partial charge in [-0.3, -0.25) is 14.4 Å². The minimum absolute atomic E-state index is 0.863. The number of aliphatic hydroxyl groups excluding tert-OH is 24. The largest absolute Gasteiger partial charge is 0.394 e. The summed E-state index contributed by atoms with van der Waals surface area (Å²) in [6.07, 6.45) is -84.9. The molecule has 9 aliphatic heterocycles. The van der Waals surface area contributed by atoms with Crippen LogP contribution in [0, 0.1) is 0 Å². The highest BCUT2D eigenvalue weighted by atomic mass is 16.8. The first-order valence-corrected chi connectivity index (χ1v) is 34.3. The van der Waals surface area contributed by atoms with Gasteiger partial charge in [-0.15, -0.1) is 0 Å². The van der Waals surface area contributed by atoms with Crippen LogP contribution in [0.15, 0.2) is 0 Å². The van der Waals surface area contributed by atoms with Crippen molar-refractivity contribution in [2.45, 2.75) is 311 Å². The number of carbonyl (C=O) groups excluding carboxylic acids is 3. The molecule has 9 heterocycles. The molecule has 9 rings (SSSR count). The zero-order valence-corrected chi connectivity index (χ0v) is 57.8. The predicted octanol–water partition coefficient (Wildman–Crippen LogP) is -18.1. The summed E-state index contributed by atoms with van der Waals surface area (Å²) in [5.74, 6) is -2.74. The number of nitrogens with one attached hydrogen (secondary N) is 3. The van der Waals surface area contributed by atoms with Crippen LogP contribution in [-0.2, 0) is 94.9 Å². The Morgan fingerprint density at radius 3 is 1.12 bits per heavy atom. The summed E-state index contributed by atoms with van der Waals surface area (Å²) in [7, 11) is 0. The molecule has 1 unspecified atom stereocenters. The molecular formula is C60H101N3O44. The summed E-state index contributed by atoms with van der Waals surface area (Å²) in [6.45, 7) is -2.01. The number of amides is 3. The summed E-state index contributed by atoms with van der Waals surface area (Å²) >= 11 is 0. The smallest absolute Gasteiger partial charge is 0.217 e.